The second-order valence-electron chi connectivity index (χ2n) is 7.17. The molecule has 0 radical (unpaired) electrons. The lowest BCUT2D eigenvalue weighted by Crippen LogP contribution is -2.21. The fourth-order valence-electron chi connectivity index (χ4n) is 3.33. The molecular weight excluding hydrogens is 332 g/mol. The standard InChI is InChI=1S/C21H24O5/c1-5-21(2,3)16-10-15(18(23)19(24)20(16)25-4)13-8-12-6-7-14(22)9-17(12)26-11-13/h5-7,9-10,13,22-24H,1,8,11H2,2-4H3/t13-/m1/s1. The number of allylic oxidation sites excluding steroid dienone is 1. The molecule has 3 N–H and O–H groups in total. The van der Waals surface area contributed by atoms with Crippen molar-refractivity contribution in [2.24, 2.45) is 0 Å². The molecule has 0 saturated heterocycles. The largest absolute Gasteiger partial charge is 0.508 e. The Bertz CT molecular complexity index is 854. The van der Waals surface area contributed by atoms with Crippen molar-refractivity contribution in [1.29, 1.82) is 0 Å². The second-order valence-corrected chi connectivity index (χ2v) is 7.17. The summed E-state index contributed by atoms with van der Waals surface area (Å²) >= 11 is 0. The van der Waals surface area contributed by atoms with Gasteiger partial charge in [-0.15, -0.1) is 6.58 Å². The van der Waals surface area contributed by atoms with Gasteiger partial charge in [0.05, 0.1) is 13.7 Å². The van der Waals surface area contributed by atoms with Crippen LogP contribution < -0.4 is 9.47 Å². The Morgan fingerprint density at radius 3 is 2.58 bits per heavy atom. The van der Waals surface area contributed by atoms with E-state index in [9.17, 15) is 15.3 Å². The first-order valence-corrected chi connectivity index (χ1v) is 8.50. The van der Waals surface area contributed by atoms with Gasteiger partial charge in [-0.25, -0.2) is 0 Å². The van der Waals surface area contributed by atoms with E-state index in [1.807, 2.05) is 26.0 Å². The first kappa shape index (κ1) is 18.0. The van der Waals surface area contributed by atoms with Crippen LogP contribution in [0.25, 0.3) is 0 Å². The minimum Gasteiger partial charge on any atom is -0.508 e. The Balaban J connectivity index is 2.08. The molecule has 5 nitrogen and oxygen atoms in total. The monoisotopic (exact) mass is 356 g/mol. The van der Waals surface area contributed by atoms with Crippen molar-refractivity contribution in [2.45, 2.75) is 31.6 Å². The van der Waals surface area contributed by atoms with Gasteiger partial charge in [0.15, 0.2) is 11.5 Å². The molecule has 2 aromatic carbocycles. The number of aromatic hydroxyl groups is 3. The molecule has 3 rings (SSSR count). The Kier molecular flexibility index (Phi) is 4.48. The smallest absolute Gasteiger partial charge is 0.201 e. The maximum atomic E-state index is 10.6. The fourth-order valence-corrected chi connectivity index (χ4v) is 3.33. The number of benzene rings is 2. The summed E-state index contributed by atoms with van der Waals surface area (Å²) in [4.78, 5) is 0. The van der Waals surface area contributed by atoms with Crippen LogP contribution in [0.15, 0.2) is 36.9 Å². The van der Waals surface area contributed by atoms with Gasteiger partial charge in [0.25, 0.3) is 0 Å². The average Bonchev–Trinajstić information content (AvgIpc) is 2.63. The van der Waals surface area contributed by atoms with Gasteiger partial charge in [0.1, 0.15) is 11.5 Å². The molecule has 0 fully saturated rings. The van der Waals surface area contributed by atoms with Crippen LogP contribution in [0.2, 0.25) is 0 Å². The highest BCUT2D eigenvalue weighted by Gasteiger charge is 2.31. The number of hydrogen-bond acceptors (Lipinski definition) is 5. The van der Waals surface area contributed by atoms with Gasteiger partial charge < -0.3 is 24.8 Å². The maximum absolute atomic E-state index is 10.6. The molecule has 5 heteroatoms. The van der Waals surface area contributed by atoms with Gasteiger partial charge >= 0.3 is 0 Å². The Labute approximate surface area is 153 Å². The first-order valence-electron chi connectivity index (χ1n) is 8.50. The molecule has 0 unspecified atom stereocenters. The summed E-state index contributed by atoms with van der Waals surface area (Å²) in [5.74, 6) is 0.446. The zero-order chi connectivity index (χ0) is 19.1. The van der Waals surface area contributed by atoms with Crippen LogP contribution in [0.3, 0.4) is 0 Å². The molecule has 0 amide bonds. The predicted octanol–water partition coefficient (Wildman–Crippen LogP) is 3.99. The number of phenolic OH excluding ortho intramolecular Hbond substituents is 3. The van der Waals surface area contributed by atoms with Crippen molar-refractivity contribution in [2.75, 3.05) is 13.7 Å². The highest BCUT2D eigenvalue weighted by molar-refractivity contribution is 5.62. The highest BCUT2D eigenvalue weighted by Crippen LogP contribution is 2.49. The third kappa shape index (κ3) is 2.94. The topological polar surface area (TPSA) is 79.2 Å². The quantitative estimate of drug-likeness (QED) is 0.570. The molecular formula is C21H24O5. The van der Waals surface area contributed by atoms with Gasteiger partial charge in [0, 0.05) is 28.5 Å². The Hall–Kier alpha value is -2.82. The molecule has 0 spiro atoms. The van der Waals surface area contributed by atoms with Gasteiger partial charge in [-0.2, -0.15) is 0 Å². The number of fused-ring (bicyclic) bond motifs is 1. The summed E-state index contributed by atoms with van der Waals surface area (Å²) in [6, 6.07) is 6.87. The molecule has 1 aliphatic rings. The van der Waals surface area contributed by atoms with Gasteiger partial charge in [-0.05, 0) is 24.1 Å². The summed E-state index contributed by atoms with van der Waals surface area (Å²) < 4.78 is 11.1. The molecule has 2 aromatic rings. The zero-order valence-corrected chi connectivity index (χ0v) is 15.2. The van der Waals surface area contributed by atoms with Crippen molar-refractivity contribution in [1.82, 2.24) is 0 Å². The zero-order valence-electron chi connectivity index (χ0n) is 15.2. The Morgan fingerprint density at radius 2 is 1.92 bits per heavy atom. The number of methoxy groups -OCH3 is 1. The van der Waals surface area contributed by atoms with E-state index in [2.05, 4.69) is 6.58 Å². The van der Waals surface area contributed by atoms with E-state index in [1.54, 1.807) is 18.2 Å². The predicted molar refractivity (Wildman–Crippen MR) is 99.6 cm³/mol. The van der Waals surface area contributed by atoms with Crippen molar-refractivity contribution in [3.05, 3.63) is 53.6 Å². The number of hydrogen-bond donors (Lipinski definition) is 3. The van der Waals surface area contributed by atoms with Crippen molar-refractivity contribution in [3.63, 3.8) is 0 Å². The minimum absolute atomic E-state index is 0.136. The van der Waals surface area contributed by atoms with E-state index in [0.717, 1.165) is 11.1 Å². The molecule has 1 atom stereocenters. The number of rotatable bonds is 4. The summed E-state index contributed by atoms with van der Waals surface area (Å²) in [7, 11) is 1.46. The van der Waals surface area contributed by atoms with Crippen LogP contribution in [0.5, 0.6) is 28.7 Å². The van der Waals surface area contributed by atoms with E-state index < -0.39 is 5.41 Å². The molecule has 1 heterocycles. The molecule has 0 aliphatic carbocycles. The maximum Gasteiger partial charge on any atom is 0.201 e. The van der Waals surface area contributed by atoms with Crippen LogP contribution >= 0.6 is 0 Å². The first-order chi connectivity index (χ1) is 12.3. The molecule has 26 heavy (non-hydrogen) atoms. The molecule has 0 bridgehead atoms. The van der Waals surface area contributed by atoms with E-state index in [-0.39, 0.29) is 28.9 Å². The average molecular weight is 356 g/mol. The van der Waals surface area contributed by atoms with Crippen molar-refractivity contribution in [3.8, 4) is 28.7 Å². The lowest BCUT2D eigenvalue weighted by atomic mass is 9.80. The molecule has 0 aromatic heterocycles. The molecule has 1 aliphatic heterocycles. The van der Waals surface area contributed by atoms with E-state index in [1.165, 1.54) is 7.11 Å². The number of phenols is 3. The molecule has 138 valence electrons. The van der Waals surface area contributed by atoms with Crippen molar-refractivity contribution < 1.29 is 24.8 Å². The van der Waals surface area contributed by atoms with E-state index >= 15 is 0 Å². The van der Waals surface area contributed by atoms with Crippen LogP contribution in [0, 0.1) is 0 Å². The second kappa shape index (κ2) is 6.48. The summed E-state index contributed by atoms with van der Waals surface area (Å²) in [6.07, 6.45) is 2.41. The van der Waals surface area contributed by atoms with Gasteiger partial charge in [-0.3, -0.25) is 0 Å². The lowest BCUT2D eigenvalue weighted by Gasteiger charge is -2.30. The summed E-state index contributed by atoms with van der Waals surface area (Å²) in [6.45, 7) is 8.14. The third-order valence-electron chi connectivity index (χ3n) is 5.06. The van der Waals surface area contributed by atoms with Crippen LogP contribution in [-0.4, -0.2) is 29.0 Å². The van der Waals surface area contributed by atoms with Crippen LogP contribution in [0.1, 0.15) is 36.5 Å². The highest BCUT2D eigenvalue weighted by atomic mass is 16.5. The minimum atomic E-state index is -0.454. The SMILES string of the molecule is C=CC(C)(C)c1cc([C@H]2COc3cc(O)ccc3C2)c(O)c(O)c1OC. The normalized spacial score (nSPS) is 16.5. The van der Waals surface area contributed by atoms with Gasteiger partial charge in [0.2, 0.25) is 5.75 Å². The lowest BCUT2D eigenvalue weighted by molar-refractivity contribution is 0.256. The van der Waals surface area contributed by atoms with E-state index in [4.69, 9.17) is 9.47 Å². The summed E-state index contributed by atoms with van der Waals surface area (Å²) in [5.41, 5.74) is 1.84. The van der Waals surface area contributed by atoms with Crippen LogP contribution in [0.4, 0.5) is 0 Å². The molecule has 0 saturated carbocycles. The van der Waals surface area contributed by atoms with Crippen molar-refractivity contribution >= 4 is 0 Å². The van der Waals surface area contributed by atoms with E-state index in [0.29, 0.717) is 24.3 Å². The fraction of sp³-hybridized carbons (Fsp3) is 0.333. The number of ether oxygens (including phenoxy) is 2. The van der Waals surface area contributed by atoms with Gasteiger partial charge in [-0.1, -0.05) is 26.0 Å². The third-order valence-corrected chi connectivity index (χ3v) is 5.06. The summed E-state index contributed by atoms with van der Waals surface area (Å²) in [5, 5.41) is 30.6. The van der Waals surface area contributed by atoms with Crippen LogP contribution in [-0.2, 0) is 11.8 Å². The Morgan fingerprint density at radius 1 is 1.19 bits per heavy atom.